The lowest BCUT2D eigenvalue weighted by Gasteiger charge is -2.05. The molecule has 0 N–H and O–H groups in total. The number of esters is 1. The Morgan fingerprint density at radius 2 is 1.31 bits per heavy atom. The van der Waals surface area contributed by atoms with Crippen LogP contribution in [0.25, 0.3) is 0 Å². The van der Waals surface area contributed by atoms with Gasteiger partial charge in [0.25, 0.3) is 0 Å². The van der Waals surface area contributed by atoms with E-state index in [2.05, 4.69) is 22.9 Å². The van der Waals surface area contributed by atoms with Crippen molar-refractivity contribution in [3.63, 3.8) is 0 Å². The fourth-order valence-electron chi connectivity index (χ4n) is 2.87. The molecule has 0 saturated heterocycles. The summed E-state index contributed by atoms with van der Waals surface area (Å²) in [5.41, 5.74) is 0.565. The number of carbonyl (C=O) groups excluding carboxylic acids is 2. The first-order chi connectivity index (χ1) is 12.6. The van der Waals surface area contributed by atoms with Crippen molar-refractivity contribution in [2.45, 2.75) is 84.0 Å². The lowest BCUT2D eigenvalue weighted by atomic mass is 10.1. The number of unbranched alkanes of at least 4 members (excludes halogenated alkanes) is 10. The summed E-state index contributed by atoms with van der Waals surface area (Å²) in [5.74, 6) is -0.434. The standard InChI is InChI=1S/C22H33BrO3/c1-2-3-4-5-6-7-8-9-10-11-12-13-22(25)26-18-21(24)19-14-16-20(23)17-15-19/h14-17H,2-13,18H2,1H3. The fraction of sp³-hybridized carbons (Fsp3) is 0.636. The van der Waals surface area contributed by atoms with Crippen LogP contribution in [0.1, 0.15) is 94.3 Å². The summed E-state index contributed by atoms with van der Waals surface area (Å²) >= 11 is 3.33. The van der Waals surface area contributed by atoms with Crippen molar-refractivity contribution in [2.24, 2.45) is 0 Å². The first kappa shape index (κ1) is 22.9. The van der Waals surface area contributed by atoms with E-state index in [1.807, 2.05) is 0 Å². The molecule has 1 rings (SSSR count). The molecule has 146 valence electrons. The Bertz CT molecular complexity index is 511. The minimum Gasteiger partial charge on any atom is -0.457 e. The van der Waals surface area contributed by atoms with Crippen LogP contribution in [-0.2, 0) is 9.53 Å². The van der Waals surface area contributed by atoms with E-state index >= 15 is 0 Å². The zero-order valence-electron chi connectivity index (χ0n) is 16.1. The molecule has 0 heterocycles. The predicted molar refractivity (Wildman–Crippen MR) is 111 cm³/mol. The SMILES string of the molecule is CCCCCCCCCCCCCC(=O)OCC(=O)c1ccc(Br)cc1. The molecule has 0 bridgehead atoms. The third-order valence-electron chi connectivity index (χ3n) is 4.51. The topological polar surface area (TPSA) is 43.4 Å². The Balaban J connectivity index is 1.95. The van der Waals surface area contributed by atoms with Crippen molar-refractivity contribution in [1.82, 2.24) is 0 Å². The highest BCUT2D eigenvalue weighted by Gasteiger charge is 2.09. The summed E-state index contributed by atoms with van der Waals surface area (Å²) in [4.78, 5) is 23.6. The van der Waals surface area contributed by atoms with E-state index < -0.39 is 0 Å². The van der Waals surface area contributed by atoms with E-state index in [4.69, 9.17) is 4.74 Å². The molecule has 3 nitrogen and oxygen atoms in total. The van der Waals surface area contributed by atoms with Crippen LogP contribution in [0.5, 0.6) is 0 Å². The van der Waals surface area contributed by atoms with Gasteiger partial charge in [-0.15, -0.1) is 0 Å². The maximum atomic E-state index is 11.9. The average Bonchev–Trinajstić information content (AvgIpc) is 2.64. The molecule has 0 unspecified atom stereocenters. The largest absolute Gasteiger partial charge is 0.457 e. The molecule has 0 saturated carbocycles. The van der Waals surface area contributed by atoms with E-state index in [0.29, 0.717) is 12.0 Å². The van der Waals surface area contributed by atoms with Gasteiger partial charge in [-0.3, -0.25) is 9.59 Å². The molecule has 0 spiro atoms. The van der Waals surface area contributed by atoms with Crippen molar-refractivity contribution >= 4 is 27.7 Å². The molecule has 0 atom stereocenters. The van der Waals surface area contributed by atoms with Gasteiger partial charge in [0.2, 0.25) is 0 Å². The zero-order valence-corrected chi connectivity index (χ0v) is 17.7. The van der Waals surface area contributed by atoms with Gasteiger partial charge in [-0.05, 0) is 18.6 Å². The molecule has 1 aromatic rings. The third-order valence-corrected chi connectivity index (χ3v) is 5.04. The smallest absolute Gasteiger partial charge is 0.306 e. The van der Waals surface area contributed by atoms with Crippen molar-refractivity contribution in [3.05, 3.63) is 34.3 Å². The Kier molecular flexibility index (Phi) is 13.2. The second-order valence-electron chi connectivity index (χ2n) is 6.88. The van der Waals surface area contributed by atoms with E-state index in [-0.39, 0.29) is 18.4 Å². The molecule has 0 aliphatic carbocycles. The van der Waals surface area contributed by atoms with E-state index in [1.165, 1.54) is 57.8 Å². The average molecular weight is 425 g/mol. The van der Waals surface area contributed by atoms with Crippen molar-refractivity contribution < 1.29 is 14.3 Å². The first-order valence-corrected chi connectivity index (χ1v) is 10.9. The van der Waals surface area contributed by atoms with Gasteiger partial charge in [-0.25, -0.2) is 0 Å². The summed E-state index contributed by atoms with van der Waals surface area (Å²) in [6.07, 6.45) is 14.2. The van der Waals surface area contributed by atoms with Crippen molar-refractivity contribution in [2.75, 3.05) is 6.61 Å². The number of ether oxygens (including phenoxy) is 1. The molecular formula is C22H33BrO3. The van der Waals surface area contributed by atoms with Crippen molar-refractivity contribution in [1.29, 1.82) is 0 Å². The van der Waals surface area contributed by atoms with Gasteiger partial charge >= 0.3 is 5.97 Å². The van der Waals surface area contributed by atoms with Gasteiger partial charge in [-0.1, -0.05) is 99.2 Å². The second kappa shape index (κ2) is 15.0. The number of hydrogen-bond acceptors (Lipinski definition) is 3. The number of benzene rings is 1. The Morgan fingerprint density at radius 1 is 0.808 bits per heavy atom. The third kappa shape index (κ3) is 11.5. The molecule has 26 heavy (non-hydrogen) atoms. The summed E-state index contributed by atoms with van der Waals surface area (Å²) in [6, 6.07) is 7.06. The van der Waals surface area contributed by atoms with Gasteiger partial charge < -0.3 is 4.74 Å². The molecule has 0 aliphatic heterocycles. The fourth-order valence-corrected chi connectivity index (χ4v) is 3.14. The molecule has 0 aromatic heterocycles. The maximum absolute atomic E-state index is 11.9. The van der Waals surface area contributed by atoms with Crippen LogP contribution >= 0.6 is 15.9 Å². The molecule has 0 fully saturated rings. The van der Waals surface area contributed by atoms with E-state index in [1.54, 1.807) is 24.3 Å². The number of ketones is 1. The highest BCUT2D eigenvalue weighted by molar-refractivity contribution is 9.10. The van der Waals surface area contributed by atoms with E-state index in [9.17, 15) is 9.59 Å². The number of Topliss-reactive ketones (excluding diaryl/α,β-unsaturated/α-hetero) is 1. The molecule has 1 aromatic carbocycles. The van der Waals surface area contributed by atoms with Crippen LogP contribution in [0.15, 0.2) is 28.7 Å². The second-order valence-corrected chi connectivity index (χ2v) is 7.79. The first-order valence-electron chi connectivity index (χ1n) is 10.1. The van der Waals surface area contributed by atoms with Gasteiger partial charge in [0.05, 0.1) is 0 Å². The summed E-state index contributed by atoms with van der Waals surface area (Å²) < 4.78 is 6.00. The number of rotatable bonds is 15. The Morgan fingerprint density at radius 3 is 1.85 bits per heavy atom. The lowest BCUT2D eigenvalue weighted by Crippen LogP contribution is -2.13. The summed E-state index contributed by atoms with van der Waals surface area (Å²) in [6.45, 7) is 2.08. The van der Waals surface area contributed by atoms with Crippen LogP contribution < -0.4 is 0 Å². The van der Waals surface area contributed by atoms with Gasteiger partial charge in [-0.2, -0.15) is 0 Å². The Labute approximate surface area is 167 Å². The molecule has 0 aliphatic rings. The summed E-state index contributed by atoms with van der Waals surface area (Å²) in [7, 11) is 0. The number of carbonyl (C=O) groups is 2. The number of halogens is 1. The van der Waals surface area contributed by atoms with Gasteiger partial charge in [0.15, 0.2) is 12.4 Å². The molecule has 4 heteroatoms. The minimum absolute atomic E-state index is 0.162. The van der Waals surface area contributed by atoms with Crippen molar-refractivity contribution in [3.8, 4) is 0 Å². The highest BCUT2D eigenvalue weighted by atomic mass is 79.9. The van der Waals surface area contributed by atoms with Gasteiger partial charge in [0.1, 0.15) is 0 Å². The molecule has 0 radical (unpaired) electrons. The maximum Gasteiger partial charge on any atom is 0.306 e. The van der Waals surface area contributed by atoms with Crippen LogP contribution in [0.3, 0.4) is 0 Å². The van der Waals surface area contributed by atoms with Crippen LogP contribution in [0.4, 0.5) is 0 Å². The summed E-state index contributed by atoms with van der Waals surface area (Å²) in [5, 5.41) is 0. The normalized spacial score (nSPS) is 10.7. The zero-order chi connectivity index (χ0) is 19.0. The molecule has 0 amide bonds. The number of hydrogen-bond donors (Lipinski definition) is 0. The van der Waals surface area contributed by atoms with Crippen LogP contribution in [-0.4, -0.2) is 18.4 Å². The van der Waals surface area contributed by atoms with Crippen LogP contribution in [0.2, 0.25) is 0 Å². The quantitative estimate of drug-likeness (QED) is 0.175. The highest BCUT2D eigenvalue weighted by Crippen LogP contribution is 2.13. The lowest BCUT2D eigenvalue weighted by molar-refractivity contribution is -0.142. The van der Waals surface area contributed by atoms with Gasteiger partial charge in [0, 0.05) is 16.5 Å². The Hall–Kier alpha value is -1.16. The van der Waals surface area contributed by atoms with Crippen LogP contribution in [0, 0.1) is 0 Å². The predicted octanol–water partition coefficient (Wildman–Crippen LogP) is 6.88. The minimum atomic E-state index is -0.272. The van der Waals surface area contributed by atoms with E-state index in [0.717, 1.165) is 17.3 Å². The monoisotopic (exact) mass is 424 g/mol. The molecular weight excluding hydrogens is 392 g/mol.